The van der Waals surface area contributed by atoms with E-state index in [1.54, 1.807) is 6.92 Å². The average Bonchev–Trinajstić information content (AvgIpc) is 2.18. The van der Waals surface area contributed by atoms with E-state index in [-0.39, 0.29) is 5.91 Å². The first-order chi connectivity index (χ1) is 6.65. The third-order valence-electron chi connectivity index (χ3n) is 2.57. The Morgan fingerprint density at radius 1 is 1.21 bits per heavy atom. The summed E-state index contributed by atoms with van der Waals surface area (Å²) in [7, 11) is 0. The highest BCUT2D eigenvalue weighted by molar-refractivity contribution is 5.78. The fourth-order valence-electron chi connectivity index (χ4n) is 1.66. The van der Waals surface area contributed by atoms with Gasteiger partial charge in [-0.25, -0.2) is 0 Å². The van der Waals surface area contributed by atoms with Gasteiger partial charge >= 0.3 is 0 Å². The summed E-state index contributed by atoms with van der Waals surface area (Å²) in [5.41, 5.74) is 0. The van der Waals surface area contributed by atoms with Gasteiger partial charge in [0.05, 0.1) is 5.84 Å². The Labute approximate surface area is 85.4 Å². The van der Waals surface area contributed by atoms with Crippen molar-refractivity contribution < 1.29 is 4.79 Å². The van der Waals surface area contributed by atoms with Crippen molar-refractivity contribution in [3.8, 4) is 0 Å². The summed E-state index contributed by atoms with van der Waals surface area (Å²) in [5, 5.41) is 7.47. The fourth-order valence-corrected chi connectivity index (χ4v) is 1.66. The highest BCUT2D eigenvalue weighted by Gasteiger charge is 2.20. The first-order valence-corrected chi connectivity index (χ1v) is 5.23. The van der Waals surface area contributed by atoms with Gasteiger partial charge in [0.2, 0.25) is 5.91 Å². The molecule has 80 valence electrons. The van der Waals surface area contributed by atoms with Gasteiger partial charge in [-0.05, 0) is 13.3 Å². The number of carbonyl (C=O) groups excluding carboxylic acids is 1. The predicted molar refractivity (Wildman–Crippen MR) is 56.5 cm³/mol. The molecule has 1 fully saturated rings. The van der Waals surface area contributed by atoms with E-state index in [2.05, 4.69) is 0 Å². The summed E-state index contributed by atoms with van der Waals surface area (Å²) < 4.78 is 0. The lowest BCUT2D eigenvalue weighted by Gasteiger charge is -2.35. The van der Waals surface area contributed by atoms with Crippen molar-refractivity contribution in [3.05, 3.63) is 0 Å². The van der Waals surface area contributed by atoms with E-state index < -0.39 is 0 Å². The lowest BCUT2D eigenvalue weighted by molar-refractivity contribution is -0.132. The number of amides is 1. The number of hydrogen-bond donors (Lipinski definition) is 1. The van der Waals surface area contributed by atoms with Crippen molar-refractivity contribution in [2.75, 3.05) is 26.2 Å². The van der Waals surface area contributed by atoms with E-state index in [0.717, 1.165) is 32.6 Å². The topological polar surface area (TPSA) is 47.4 Å². The Morgan fingerprint density at radius 2 is 1.71 bits per heavy atom. The molecule has 4 heteroatoms. The van der Waals surface area contributed by atoms with E-state index in [1.165, 1.54) is 0 Å². The Morgan fingerprint density at radius 3 is 2.14 bits per heavy atom. The van der Waals surface area contributed by atoms with Gasteiger partial charge in [0, 0.05) is 32.6 Å². The Bertz CT molecular complexity index is 219. The Kier molecular flexibility index (Phi) is 3.92. The predicted octanol–water partition coefficient (Wildman–Crippen LogP) is 0.928. The van der Waals surface area contributed by atoms with Gasteiger partial charge in [-0.1, -0.05) is 6.92 Å². The number of nitrogens with zero attached hydrogens (tertiary/aromatic N) is 2. The first-order valence-electron chi connectivity index (χ1n) is 5.23. The molecule has 0 aromatic heterocycles. The molecule has 14 heavy (non-hydrogen) atoms. The molecule has 1 rings (SSSR count). The quantitative estimate of drug-likeness (QED) is 0.529. The van der Waals surface area contributed by atoms with Crippen LogP contribution in [0.25, 0.3) is 0 Å². The van der Waals surface area contributed by atoms with Crippen LogP contribution >= 0.6 is 0 Å². The summed E-state index contributed by atoms with van der Waals surface area (Å²) >= 11 is 0. The van der Waals surface area contributed by atoms with Crippen molar-refractivity contribution in [3.63, 3.8) is 0 Å². The molecule has 0 spiro atoms. The molecule has 0 aliphatic carbocycles. The molecule has 0 aromatic carbocycles. The standard InChI is InChI=1S/C10H19N3O/c1-3-4-10(14)13-7-5-12(6-8-13)9(2)11/h11H,3-8H2,1-2H3. The molecule has 1 N–H and O–H groups in total. The molecule has 0 bridgehead atoms. The van der Waals surface area contributed by atoms with Crippen molar-refractivity contribution in [1.29, 1.82) is 5.41 Å². The van der Waals surface area contributed by atoms with Crippen LogP contribution in [0.1, 0.15) is 26.7 Å². The number of nitrogens with one attached hydrogen (secondary N) is 1. The number of piperazine rings is 1. The molecular weight excluding hydrogens is 178 g/mol. The van der Waals surface area contributed by atoms with Crippen molar-refractivity contribution in [2.24, 2.45) is 0 Å². The zero-order valence-corrected chi connectivity index (χ0v) is 9.05. The Hall–Kier alpha value is -1.06. The highest BCUT2D eigenvalue weighted by atomic mass is 16.2. The molecule has 0 aromatic rings. The monoisotopic (exact) mass is 197 g/mol. The number of carbonyl (C=O) groups is 1. The van der Waals surface area contributed by atoms with Crippen molar-refractivity contribution in [1.82, 2.24) is 9.80 Å². The second kappa shape index (κ2) is 4.98. The van der Waals surface area contributed by atoms with Crippen LogP contribution in [0.15, 0.2) is 0 Å². The first kappa shape index (κ1) is 11.0. The molecule has 1 aliphatic rings. The second-order valence-electron chi connectivity index (χ2n) is 3.70. The summed E-state index contributed by atoms with van der Waals surface area (Å²) in [4.78, 5) is 15.4. The van der Waals surface area contributed by atoms with Crippen LogP contribution < -0.4 is 0 Å². The molecule has 0 radical (unpaired) electrons. The largest absolute Gasteiger partial charge is 0.357 e. The van der Waals surface area contributed by atoms with E-state index in [4.69, 9.17) is 5.41 Å². The maximum Gasteiger partial charge on any atom is 0.222 e. The average molecular weight is 197 g/mol. The van der Waals surface area contributed by atoms with Gasteiger partial charge in [-0.15, -0.1) is 0 Å². The lowest BCUT2D eigenvalue weighted by atomic mass is 10.2. The molecule has 0 unspecified atom stereocenters. The smallest absolute Gasteiger partial charge is 0.222 e. The van der Waals surface area contributed by atoms with Crippen LogP contribution in [-0.2, 0) is 4.79 Å². The van der Waals surface area contributed by atoms with E-state index in [9.17, 15) is 4.79 Å². The van der Waals surface area contributed by atoms with Gasteiger partial charge in [-0.3, -0.25) is 10.2 Å². The number of hydrogen-bond acceptors (Lipinski definition) is 2. The third kappa shape index (κ3) is 2.72. The minimum atomic E-state index is 0.259. The van der Waals surface area contributed by atoms with Gasteiger partial charge in [0.1, 0.15) is 0 Å². The van der Waals surface area contributed by atoms with Crippen LogP contribution in [0.2, 0.25) is 0 Å². The van der Waals surface area contributed by atoms with Gasteiger partial charge in [0.25, 0.3) is 0 Å². The maximum absolute atomic E-state index is 11.5. The molecular formula is C10H19N3O. The van der Waals surface area contributed by atoms with Crippen molar-refractivity contribution in [2.45, 2.75) is 26.7 Å². The number of amidine groups is 1. The van der Waals surface area contributed by atoms with Gasteiger partial charge in [0.15, 0.2) is 0 Å². The van der Waals surface area contributed by atoms with E-state index >= 15 is 0 Å². The van der Waals surface area contributed by atoms with E-state index in [1.807, 2.05) is 16.7 Å². The highest BCUT2D eigenvalue weighted by Crippen LogP contribution is 2.05. The van der Waals surface area contributed by atoms with Gasteiger partial charge in [-0.2, -0.15) is 0 Å². The minimum absolute atomic E-state index is 0.259. The summed E-state index contributed by atoms with van der Waals surface area (Å²) in [6, 6.07) is 0. The fraction of sp³-hybridized carbons (Fsp3) is 0.800. The Balaban J connectivity index is 2.35. The zero-order chi connectivity index (χ0) is 10.6. The molecule has 1 heterocycles. The molecule has 0 saturated carbocycles. The zero-order valence-electron chi connectivity index (χ0n) is 9.05. The van der Waals surface area contributed by atoms with Crippen LogP contribution in [-0.4, -0.2) is 47.7 Å². The van der Waals surface area contributed by atoms with E-state index in [0.29, 0.717) is 12.3 Å². The molecule has 0 atom stereocenters. The minimum Gasteiger partial charge on any atom is -0.357 e. The molecule has 1 saturated heterocycles. The van der Waals surface area contributed by atoms with Crippen molar-refractivity contribution >= 4 is 11.7 Å². The normalized spacial score (nSPS) is 17.0. The molecule has 1 aliphatic heterocycles. The third-order valence-corrected chi connectivity index (χ3v) is 2.57. The van der Waals surface area contributed by atoms with Crippen LogP contribution in [0.3, 0.4) is 0 Å². The molecule has 4 nitrogen and oxygen atoms in total. The lowest BCUT2D eigenvalue weighted by Crippen LogP contribution is -2.49. The SMILES string of the molecule is CCCC(=O)N1CCN(C(C)=N)CC1. The van der Waals surface area contributed by atoms with Gasteiger partial charge < -0.3 is 9.80 Å². The van der Waals surface area contributed by atoms with Crippen LogP contribution in [0.5, 0.6) is 0 Å². The molecule has 1 amide bonds. The maximum atomic E-state index is 11.5. The summed E-state index contributed by atoms with van der Waals surface area (Å²) in [6.07, 6.45) is 1.58. The second-order valence-corrected chi connectivity index (χ2v) is 3.70. The summed E-state index contributed by atoms with van der Waals surface area (Å²) in [6.45, 7) is 6.99. The van der Waals surface area contributed by atoms with Crippen LogP contribution in [0, 0.1) is 5.41 Å². The number of rotatable bonds is 2. The van der Waals surface area contributed by atoms with Crippen LogP contribution in [0.4, 0.5) is 0 Å². The summed E-state index contributed by atoms with van der Waals surface area (Å²) in [5.74, 6) is 0.863.